The Labute approximate surface area is 135 Å². The Morgan fingerprint density at radius 3 is 2.74 bits per heavy atom. The standard InChI is InChI=1S/C14H20N6O2S/c1-10-7-16-14(17-10)12-9-15-8-11(18-12)13-5-4-6-20(13)23(21,22)19(2)3/h7-9,13H,4-6H2,1-3H3,(H,16,17). The largest absolute Gasteiger partial charge is 0.341 e. The van der Waals surface area contributed by atoms with Crippen molar-refractivity contribution in [3.8, 4) is 11.5 Å². The number of hydrogen-bond donors (Lipinski definition) is 1. The zero-order valence-electron chi connectivity index (χ0n) is 13.4. The predicted octanol–water partition coefficient (Wildman–Crippen LogP) is 1.12. The summed E-state index contributed by atoms with van der Waals surface area (Å²) in [4.78, 5) is 16.2. The molecule has 0 bridgehead atoms. The third-order valence-electron chi connectivity index (χ3n) is 3.90. The second-order valence-electron chi connectivity index (χ2n) is 5.80. The van der Waals surface area contributed by atoms with Crippen molar-refractivity contribution < 1.29 is 8.42 Å². The Morgan fingerprint density at radius 2 is 2.09 bits per heavy atom. The number of H-pyrrole nitrogens is 1. The summed E-state index contributed by atoms with van der Waals surface area (Å²) in [6.07, 6.45) is 6.53. The Balaban J connectivity index is 1.95. The Hall–Kier alpha value is -1.84. The van der Waals surface area contributed by atoms with Crippen LogP contribution in [0.2, 0.25) is 0 Å². The van der Waals surface area contributed by atoms with Gasteiger partial charge in [0.15, 0.2) is 5.82 Å². The summed E-state index contributed by atoms with van der Waals surface area (Å²) >= 11 is 0. The summed E-state index contributed by atoms with van der Waals surface area (Å²) < 4.78 is 27.6. The van der Waals surface area contributed by atoms with Crippen molar-refractivity contribution in [3.05, 3.63) is 30.0 Å². The van der Waals surface area contributed by atoms with Crippen LogP contribution in [-0.4, -0.2) is 57.6 Å². The van der Waals surface area contributed by atoms with E-state index in [0.717, 1.165) is 18.5 Å². The zero-order valence-corrected chi connectivity index (χ0v) is 14.2. The van der Waals surface area contributed by atoms with Gasteiger partial charge < -0.3 is 4.98 Å². The molecule has 3 rings (SSSR count). The smallest absolute Gasteiger partial charge is 0.282 e. The van der Waals surface area contributed by atoms with E-state index in [4.69, 9.17) is 0 Å². The highest BCUT2D eigenvalue weighted by atomic mass is 32.2. The van der Waals surface area contributed by atoms with Gasteiger partial charge in [-0.15, -0.1) is 0 Å². The number of aromatic amines is 1. The molecule has 1 atom stereocenters. The van der Waals surface area contributed by atoms with E-state index in [1.165, 1.54) is 8.61 Å². The molecular weight excluding hydrogens is 316 g/mol. The third kappa shape index (κ3) is 2.99. The molecule has 0 aromatic carbocycles. The van der Waals surface area contributed by atoms with Gasteiger partial charge in [-0.25, -0.2) is 9.97 Å². The number of rotatable bonds is 4. The van der Waals surface area contributed by atoms with Crippen LogP contribution in [0.3, 0.4) is 0 Å². The molecule has 3 heterocycles. The molecule has 124 valence electrons. The van der Waals surface area contributed by atoms with Gasteiger partial charge in [-0.3, -0.25) is 4.98 Å². The van der Waals surface area contributed by atoms with Crippen LogP contribution in [0.5, 0.6) is 0 Å². The van der Waals surface area contributed by atoms with E-state index < -0.39 is 10.2 Å². The average molecular weight is 336 g/mol. The van der Waals surface area contributed by atoms with Crippen molar-refractivity contribution in [3.63, 3.8) is 0 Å². The van der Waals surface area contributed by atoms with Gasteiger partial charge in [0, 0.05) is 32.5 Å². The first-order chi connectivity index (χ1) is 10.9. The van der Waals surface area contributed by atoms with Gasteiger partial charge in [0.1, 0.15) is 5.69 Å². The maximum atomic E-state index is 12.5. The van der Waals surface area contributed by atoms with Crippen LogP contribution >= 0.6 is 0 Å². The van der Waals surface area contributed by atoms with Crippen LogP contribution in [0, 0.1) is 6.92 Å². The lowest BCUT2D eigenvalue weighted by atomic mass is 10.1. The van der Waals surface area contributed by atoms with Crippen LogP contribution < -0.4 is 0 Å². The Morgan fingerprint density at radius 1 is 1.30 bits per heavy atom. The maximum absolute atomic E-state index is 12.5. The molecule has 0 amide bonds. The van der Waals surface area contributed by atoms with Crippen molar-refractivity contribution in [2.24, 2.45) is 0 Å². The molecule has 0 saturated carbocycles. The lowest BCUT2D eigenvalue weighted by molar-refractivity contribution is 0.357. The van der Waals surface area contributed by atoms with Crippen molar-refractivity contribution in [2.75, 3.05) is 20.6 Å². The van der Waals surface area contributed by atoms with Crippen LogP contribution in [0.4, 0.5) is 0 Å². The predicted molar refractivity (Wildman–Crippen MR) is 85.6 cm³/mol. The summed E-state index contributed by atoms with van der Waals surface area (Å²) in [5.41, 5.74) is 2.20. The Kier molecular flexibility index (Phi) is 4.17. The van der Waals surface area contributed by atoms with E-state index in [1.54, 1.807) is 32.7 Å². The third-order valence-corrected chi connectivity index (χ3v) is 5.85. The number of imidazole rings is 1. The monoisotopic (exact) mass is 336 g/mol. The first-order valence-electron chi connectivity index (χ1n) is 7.43. The molecule has 2 aromatic rings. The normalized spacial score (nSPS) is 19.6. The topological polar surface area (TPSA) is 95.1 Å². The second-order valence-corrected chi connectivity index (χ2v) is 7.90. The minimum Gasteiger partial charge on any atom is -0.341 e. The highest BCUT2D eigenvalue weighted by Gasteiger charge is 2.37. The lowest BCUT2D eigenvalue weighted by Crippen LogP contribution is -2.39. The fourth-order valence-electron chi connectivity index (χ4n) is 2.72. The zero-order chi connectivity index (χ0) is 16.6. The van der Waals surface area contributed by atoms with Crippen molar-refractivity contribution in [2.45, 2.75) is 25.8 Å². The van der Waals surface area contributed by atoms with E-state index in [0.29, 0.717) is 23.8 Å². The van der Waals surface area contributed by atoms with Gasteiger partial charge >= 0.3 is 0 Å². The quantitative estimate of drug-likeness (QED) is 0.903. The van der Waals surface area contributed by atoms with Crippen LogP contribution in [0.15, 0.2) is 18.6 Å². The maximum Gasteiger partial charge on any atom is 0.282 e. The first kappa shape index (κ1) is 16.0. The Bertz CT molecular complexity index is 801. The average Bonchev–Trinajstić information content (AvgIpc) is 3.16. The van der Waals surface area contributed by atoms with Crippen LogP contribution in [0.25, 0.3) is 11.5 Å². The minimum absolute atomic E-state index is 0.286. The first-order valence-corrected chi connectivity index (χ1v) is 8.82. The minimum atomic E-state index is -3.47. The number of nitrogens with zero attached hydrogens (tertiary/aromatic N) is 5. The van der Waals surface area contributed by atoms with Gasteiger partial charge in [-0.05, 0) is 19.8 Å². The molecule has 1 unspecified atom stereocenters. The SMILES string of the molecule is Cc1cnc(-c2cncc(C3CCCN3S(=O)(=O)N(C)C)n2)[nH]1. The lowest BCUT2D eigenvalue weighted by Gasteiger charge is -2.26. The van der Waals surface area contributed by atoms with Crippen LogP contribution in [-0.2, 0) is 10.2 Å². The molecule has 1 N–H and O–H groups in total. The highest BCUT2D eigenvalue weighted by molar-refractivity contribution is 7.86. The van der Waals surface area contributed by atoms with Gasteiger partial charge in [0.25, 0.3) is 10.2 Å². The van der Waals surface area contributed by atoms with E-state index >= 15 is 0 Å². The van der Waals surface area contributed by atoms with E-state index in [-0.39, 0.29) is 6.04 Å². The molecule has 1 fully saturated rings. The highest BCUT2D eigenvalue weighted by Crippen LogP contribution is 2.34. The van der Waals surface area contributed by atoms with E-state index in [1.807, 2.05) is 6.92 Å². The molecule has 1 aliphatic rings. The summed E-state index contributed by atoms with van der Waals surface area (Å²) in [6, 6.07) is -0.286. The summed E-state index contributed by atoms with van der Waals surface area (Å²) in [5.74, 6) is 0.636. The van der Waals surface area contributed by atoms with Gasteiger partial charge in [-0.1, -0.05) is 0 Å². The number of aromatic nitrogens is 4. The van der Waals surface area contributed by atoms with E-state index in [9.17, 15) is 8.42 Å². The molecule has 2 aromatic heterocycles. The fourth-order valence-corrected chi connectivity index (χ4v) is 4.03. The van der Waals surface area contributed by atoms with E-state index in [2.05, 4.69) is 19.9 Å². The molecule has 1 aliphatic heterocycles. The van der Waals surface area contributed by atoms with Gasteiger partial charge in [0.05, 0.1) is 24.1 Å². The molecule has 9 heteroatoms. The number of hydrogen-bond acceptors (Lipinski definition) is 5. The molecule has 0 aliphatic carbocycles. The molecular formula is C14H20N6O2S. The number of nitrogens with one attached hydrogen (secondary N) is 1. The summed E-state index contributed by atoms with van der Waals surface area (Å²) in [5, 5.41) is 0. The molecule has 0 spiro atoms. The number of aryl methyl sites for hydroxylation is 1. The second kappa shape index (κ2) is 5.99. The molecule has 8 nitrogen and oxygen atoms in total. The van der Waals surface area contributed by atoms with Crippen molar-refractivity contribution in [1.29, 1.82) is 0 Å². The van der Waals surface area contributed by atoms with Crippen LogP contribution in [0.1, 0.15) is 30.3 Å². The fraction of sp³-hybridized carbons (Fsp3) is 0.500. The molecule has 23 heavy (non-hydrogen) atoms. The summed E-state index contributed by atoms with van der Waals surface area (Å²) in [6.45, 7) is 2.41. The van der Waals surface area contributed by atoms with Crippen molar-refractivity contribution >= 4 is 10.2 Å². The van der Waals surface area contributed by atoms with Crippen molar-refractivity contribution in [1.82, 2.24) is 28.5 Å². The molecule has 0 radical (unpaired) electrons. The molecule has 1 saturated heterocycles. The summed E-state index contributed by atoms with van der Waals surface area (Å²) in [7, 11) is -0.392. The van der Waals surface area contributed by atoms with Gasteiger partial charge in [-0.2, -0.15) is 17.0 Å². The van der Waals surface area contributed by atoms with Gasteiger partial charge in [0.2, 0.25) is 0 Å².